The lowest BCUT2D eigenvalue weighted by atomic mass is 10.0. The number of nitrogens with zero attached hydrogens (tertiary/aromatic N) is 2. The van der Waals surface area contributed by atoms with Crippen molar-refractivity contribution in [3.63, 3.8) is 0 Å². The minimum absolute atomic E-state index is 0.294. The summed E-state index contributed by atoms with van der Waals surface area (Å²) in [6, 6.07) is 1.43. The first-order valence-electron chi connectivity index (χ1n) is 7.24. The van der Waals surface area contributed by atoms with E-state index in [-0.39, 0.29) is 0 Å². The van der Waals surface area contributed by atoms with Crippen LogP contribution in [0.1, 0.15) is 12.8 Å². The Morgan fingerprint density at radius 1 is 0.889 bits per heavy atom. The van der Waals surface area contributed by atoms with Crippen LogP contribution in [0.4, 0.5) is 0 Å². The fraction of sp³-hybridized carbons (Fsp3) is 1.00. The second-order valence-corrected chi connectivity index (χ2v) is 5.68. The van der Waals surface area contributed by atoms with Gasteiger partial charge in [0.05, 0.1) is 19.8 Å². The van der Waals surface area contributed by atoms with Crippen LogP contribution in [0.25, 0.3) is 0 Å². The summed E-state index contributed by atoms with van der Waals surface area (Å²) in [4.78, 5) is 5.13. The van der Waals surface area contributed by atoms with Gasteiger partial charge in [-0.1, -0.05) is 0 Å². The fourth-order valence-electron chi connectivity index (χ4n) is 3.43. The molecule has 104 valence electrons. The van der Waals surface area contributed by atoms with E-state index in [1.54, 1.807) is 0 Å². The summed E-state index contributed by atoms with van der Waals surface area (Å²) in [6.07, 6.45) is 2.27. The van der Waals surface area contributed by atoms with Gasteiger partial charge in [0.1, 0.15) is 0 Å². The Morgan fingerprint density at radius 3 is 2.50 bits per heavy atom. The molecule has 0 aromatic rings. The summed E-state index contributed by atoms with van der Waals surface area (Å²) >= 11 is 0. The quantitative estimate of drug-likeness (QED) is 0.721. The molecule has 3 rings (SSSR count). The second kappa shape index (κ2) is 5.84. The summed E-state index contributed by atoms with van der Waals surface area (Å²) in [6.45, 7) is 7.93. The van der Waals surface area contributed by atoms with E-state index in [2.05, 4.69) is 9.80 Å². The lowest BCUT2D eigenvalue weighted by Crippen LogP contribution is -2.54. The Bertz CT molecular complexity index is 271. The van der Waals surface area contributed by atoms with E-state index in [1.165, 1.54) is 13.0 Å². The normalized spacial score (nSPS) is 40.2. The topological polar surface area (TPSA) is 51.0 Å². The third-order valence-electron chi connectivity index (χ3n) is 4.60. The summed E-state index contributed by atoms with van der Waals surface area (Å²) in [5.74, 6) is 0. The van der Waals surface area contributed by atoms with Crippen molar-refractivity contribution in [1.82, 2.24) is 9.80 Å². The summed E-state index contributed by atoms with van der Waals surface area (Å²) in [5.41, 5.74) is 6.23. The molecule has 0 radical (unpaired) electrons. The van der Waals surface area contributed by atoms with Gasteiger partial charge in [-0.3, -0.25) is 9.80 Å². The zero-order valence-electron chi connectivity index (χ0n) is 11.1. The zero-order valence-corrected chi connectivity index (χ0v) is 11.1. The first kappa shape index (κ1) is 12.8. The molecule has 3 aliphatic heterocycles. The van der Waals surface area contributed by atoms with Crippen molar-refractivity contribution in [1.29, 1.82) is 0 Å². The number of ether oxygens (including phenoxy) is 2. The van der Waals surface area contributed by atoms with Gasteiger partial charge in [-0.15, -0.1) is 0 Å². The highest BCUT2D eigenvalue weighted by molar-refractivity contribution is 4.92. The van der Waals surface area contributed by atoms with Crippen molar-refractivity contribution in [2.24, 2.45) is 5.73 Å². The third-order valence-corrected chi connectivity index (χ3v) is 4.60. The molecule has 3 atom stereocenters. The number of nitrogens with two attached hydrogens (primary N) is 1. The first-order valence-corrected chi connectivity index (χ1v) is 7.24. The number of hydrogen-bond acceptors (Lipinski definition) is 5. The Morgan fingerprint density at radius 2 is 1.72 bits per heavy atom. The average molecular weight is 255 g/mol. The predicted octanol–water partition coefficient (Wildman–Crippen LogP) is -0.491. The van der Waals surface area contributed by atoms with Crippen LogP contribution in [-0.4, -0.2) is 80.5 Å². The van der Waals surface area contributed by atoms with E-state index in [9.17, 15) is 0 Å². The molecule has 0 saturated carbocycles. The average Bonchev–Trinajstić information content (AvgIpc) is 2.90. The molecule has 3 unspecified atom stereocenters. The predicted molar refractivity (Wildman–Crippen MR) is 69.6 cm³/mol. The van der Waals surface area contributed by atoms with Crippen LogP contribution < -0.4 is 5.73 Å². The molecule has 0 bridgehead atoms. The molecule has 3 fully saturated rings. The molecule has 5 heteroatoms. The molecule has 2 N–H and O–H groups in total. The number of rotatable bonds is 2. The van der Waals surface area contributed by atoms with E-state index in [4.69, 9.17) is 15.2 Å². The first-order chi connectivity index (χ1) is 8.84. The van der Waals surface area contributed by atoms with Crippen LogP contribution >= 0.6 is 0 Å². The molecule has 3 heterocycles. The fourth-order valence-corrected chi connectivity index (χ4v) is 3.43. The summed E-state index contributed by atoms with van der Waals surface area (Å²) < 4.78 is 11.0. The van der Waals surface area contributed by atoms with E-state index in [0.29, 0.717) is 18.1 Å². The standard InChI is InChI=1S/C13H25N3O2/c14-12-2-6-18-10-13(12)16-3-1-11(9-16)15-4-7-17-8-5-15/h11-13H,1-10,14H2. The van der Waals surface area contributed by atoms with E-state index >= 15 is 0 Å². The maximum Gasteiger partial charge on any atom is 0.0636 e. The molecule has 0 aromatic heterocycles. The number of hydrogen-bond donors (Lipinski definition) is 1. The minimum Gasteiger partial charge on any atom is -0.380 e. The van der Waals surface area contributed by atoms with Crippen LogP contribution in [0.5, 0.6) is 0 Å². The Labute approximate surface area is 109 Å². The van der Waals surface area contributed by atoms with Crippen LogP contribution in [0.3, 0.4) is 0 Å². The van der Waals surface area contributed by atoms with Crippen molar-refractivity contribution >= 4 is 0 Å². The third kappa shape index (κ3) is 2.70. The lowest BCUT2D eigenvalue weighted by molar-refractivity contribution is 0.00128. The van der Waals surface area contributed by atoms with Crippen LogP contribution in [0.15, 0.2) is 0 Å². The molecule has 18 heavy (non-hydrogen) atoms. The summed E-state index contributed by atoms with van der Waals surface area (Å²) in [5, 5.41) is 0. The maximum absolute atomic E-state index is 6.23. The molecular formula is C13H25N3O2. The molecule has 0 spiro atoms. The Hall–Kier alpha value is -0.200. The van der Waals surface area contributed by atoms with Gasteiger partial charge in [-0.2, -0.15) is 0 Å². The van der Waals surface area contributed by atoms with Crippen molar-refractivity contribution < 1.29 is 9.47 Å². The van der Waals surface area contributed by atoms with Crippen molar-refractivity contribution in [2.75, 3.05) is 52.6 Å². The minimum atomic E-state index is 0.294. The van der Waals surface area contributed by atoms with Gasteiger partial charge in [0.2, 0.25) is 0 Å². The number of morpholine rings is 1. The van der Waals surface area contributed by atoms with E-state index in [1.807, 2.05) is 0 Å². The van der Waals surface area contributed by atoms with Crippen molar-refractivity contribution in [2.45, 2.75) is 31.0 Å². The van der Waals surface area contributed by atoms with Gasteiger partial charge >= 0.3 is 0 Å². The van der Waals surface area contributed by atoms with Gasteiger partial charge in [-0.25, -0.2) is 0 Å². The van der Waals surface area contributed by atoms with E-state index in [0.717, 1.165) is 52.5 Å². The van der Waals surface area contributed by atoms with Gasteiger partial charge in [0, 0.05) is 50.9 Å². The molecule has 0 aliphatic carbocycles. The lowest BCUT2D eigenvalue weighted by Gasteiger charge is -2.37. The molecular weight excluding hydrogens is 230 g/mol. The van der Waals surface area contributed by atoms with Crippen molar-refractivity contribution in [3.05, 3.63) is 0 Å². The maximum atomic E-state index is 6.23. The molecule has 3 saturated heterocycles. The smallest absolute Gasteiger partial charge is 0.0636 e. The van der Waals surface area contributed by atoms with Crippen molar-refractivity contribution in [3.8, 4) is 0 Å². The zero-order chi connectivity index (χ0) is 12.4. The highest BCUT2D eigenvalue weighted by Gasteiger charge is 2.35. The van der Waals surface area contributed by atoms with Gasteiger partial charge < -0.3 is 15.2 Å². The van der Waals surface area contributed by atoms with E-state index < -0.39 is 0 Å². The van der Waals surface area contributed by atoms with Gasteiger partial charge in [-0.05, 0) is 12.8 Å². The molecule has 5 nitrogen and oxygen atoms in total. The van der Waals surface area contributed by atoms with Gasteiger partial charge in [0.25, 0.3) is 0 Å². The van der Waals surface area contributed by atoms with Crippen LogP contribution in [0, 0.1) is 0 Å². The molecule has 0 aromatic carbocycles. The Balaban J connectivity index is 1.53. The monoisotopic (exact) mass is 255 g/mol. The molecule has 0 amide bonds. The highest BCUT2D eigenvalue weighted by atomic mass is 16.5. The highest BCUT2D eigenvalue weighted by Crippen LogP contribution is 2.22. The largest absolute Gasteiger partial charge is 0.380 e. The van der Waals surface area contributed by atoms with Gasteiger partial charge in [0.15, 0.2) is 0 Å². The summed E-state index contributed by atoms with van der Waals surface area (Å²) in [7, 11) is 0. The van der Waals surface area contributed by atoms with Crippen LogP contribution in [0.2, 0.25) is 0 Å². The SMILES string of the molecule is NC1CCOCC1N1CCC(N2CCOCC2)C1. The number of likely N-dealkylation sites (tertiary alicyclic amines) is 1. The second-order valence-electron chi connectivity index (χ2n) is 5.68. The van der Waals surface area contributed by atoms with Crippen LogP contribution in [-0.2, 0) is 9.47 Å². The Kier molecular flexibility index (Phi) is 4.16. The molecule has 3 aliphatic rings.